The fourth-order valence-corrected chi connectivity index (χ4v) is 12.9. The molecule has 4 aliphatic heterocycles. The predicted octanol–water partition coefficient (Wildman–Crippen LogP) is 6.28. The van der Waals surface area contributed by atoms with Crippen LogP contribution in [0.25, 0.3) is 4.85 Å². The average Bonchev–Trinajstić information content (AvgIpc) is 3.77. The minimum atomic E-state index is -1.27. The van der Waals surface area contributed by atoms with Crippen molar-refractivity contribution in [1.29, 1.82) is 15.8 Å². The molecule has 12 rings (SSSR count). The van der Waals surface area contributed by atoms with Crippen LogP contribution in [0.1, 0.15) is 114 Å². The van der Waals surface area contributed by atoms with Crippen molar-refractivity contribution < 1.29 is 9.59 Å². The first-order valence-corrected chi connectivity index (χ1v) is 25.4. The van der Waals surface area contributed by atoms with Crippen molar-refractivity contribution in [3.05, 3.63) is 76.4 Å². The molecule has 0 N–H and O–H groups in total. The molecule has 71 heavy (non-hydrogen) atoms. The Balaban J connectivity index is 0.752. The molecule has 0 bridgehead atoms. The van der Waals surface area contributed by atoms with Crippen LogP contribution in [-0.4, -0.2) is 121 Å². The molecule has 4 saturated carbocycles. The van der Waals surface area contributed by atoms with Crippen LogP contribution in [0.5, 0.6) is 0 Å². The summed E-state index contributed by atoms with van der Waals surface area (Å²) in [6, 6.07) is 16.6. The van der Waals surface area contributed by atoms with Crippen molar-refractivity contribution in [1.82, 2.24) is 39.7 Å². The van der Waals surface area contributed by atoms with Gasteiger partial charge in [-0.05, 0) is 90.8 Å². The van der Waals surface area contributed by atoms with Gasteiger partial charge in [-0.2, -0.15) is 15.8 Å². The first-order valence-electron chi connectivity index (χ1n) is 25.4. The Labute approximate surface area is 413 Å². The lowest BCUT2D eigenvalue weighted by Gasteiger charge is -2.49. The molecular weight excluding hydrogens is 893 g/mol. The van der Waals surface area contributed by atoms with Gasteiger partial charge < -0.3 is 29.4 Å². The summed E-state index contributed by atoms with van der Waals surface area (Å²) in [7, 11) is 0. The van der Waals surface area contributed by atoms with Gasteiger partial charge in [0.2, 0.25) is 11.3 Å². The summed E-state index contributed by atoms with van der Waals surface area (Å²) in [5.41, 5.74) is 1.10. The molecule has 18 heteroatoms. The van der Waals surface area contributed by atoms with Gasteiger partial charge in [-0.3, -0.25) is 9.59 Å². The lowest BCUT2D eigenvalue weighted by atomic mass is 9.66. The van der Waals surface area contributed by atoms with Crippen LogP contribution in [0, 0.1) is 50.9 Å². The number of piperazine rings is 2. The predicted molar refractivity (Wildman–Crippen MR) is 263 cm³/mol. The Morgan fingerprint density at radius 1 is 0.606 bits per heavy atom. The van der Waals surface area contributed by atoms with Gasteiger partial charge >= 0.3 is 12.1 Å². The molecule has 2 unspecified atom stereocenters. The number of nitrogens with zero attached hydrogens (tertiary/aromatic N) is 16. The van der Waals surface area contributed by atoms with Gasteiger partial charge in [0.05, 0.1) is 30.2 Å². The third-order valence-corrected chi connectivity index (χ3v) is 17.6. The van der Waals surface area contributed by atoms with E-state index in [0.29, 0.717) is 74.7 Å². The normalized spacial score (nSPS) is 28.0. The molecule has 18 nitrogen and oxygen atoms in total. The highest BCUT2D eigenvalue weighted by Crippen LogP contribution is 2.58. The maximum absolute atomic E-state index is 14.5. The molecule has 4 aromatic heterocycles. The number of aromatic nitrogens is 6. The number of carbonyl (C=O) groups is 2. The van der Waals surface area contributed by atoms with Crippen LogP contribution in [0.3, 0.4) is 0 Å². The summed E-state index contributed by atoms with van der Waals surface area (Å²) >= 11 is 0. The number of nitriles is 3. The van der Waals surface area contributed by atoms with Crippen molar-refractivity contribution in [2.75, 3.05) is 58.9 Å². The minimum absolute atomic E-state index is 0.00817. The smallest absolute Gasteiger partial charge is 0.311 e. The molecule has 2 spiro atoms. The van der Waals surface area contributed by atoms with E-state index >= 15 is 0 Å². The third kappa shape index (κ3) is 6.74. The van der Waals surface area contributed by atoms with Gasteiger partial charge in [-0.1, -0.05) is 17.7 Å². The molecule has 4 aromatic rings. The lowest BCUT2D eigenvalue weighted by molar-refractivity contribution is -0.146. The topological polar surface area (TPSA) is 207 Å². The van der Waals surface area contributed by atoms with Gasteiger partial charge in [-0.15, -0.1) is 0 Å². The van der Waals surface area contributed by atoms with E-state index < -0.39 is 16.9 Å². The molecule has 0 aromatic carbocycles. The maximum Gasteiger partial charge on any atom is 0.311 e. The fourth-order valence-electron chi connectivity index (χ4n) is 12.9. The zero-order valence-electron chi connectivity index (χ0n) is 40.8. The second-order valence-corrected chi connectivity index (χ2v) is 21.9. The summed E-state index contributed by atoms with van der Waals surface area (Å²) < 4.78 is 0. The van der Waals surface area contributed by atoms with Gasteiger partial charge in [0, 0.05) is 104 Å². The summed E-state index contributed by atoms with van der Waals surface area (Å²) in [4.78, 5) is 74.8. The molecule has 2 saturated heterocycles. The van der Waals surface area contributed by atoms with Crippen molar-refractivity contribution in [3.8, 4) is 24.3 Å². The quantitative estimate of drug-likeness (QED) is 0.208. The van der Waals surface area contributed by atoms with Gasteiger partial charge in [-0.25, -0.2) is 29.9 Å². The van der Waals surface area contributed by atoms with Crippen LogP contribution in [0.2, 0.25) is 0 Å². The van der Waals surface area contributed by atoms with Crippen molar-refractivity contribution in [3.63, 3.8) is 0 Å². The van der Waals surface area contributed by atoms with Crippen LogP contribution in [0.15, 0.2) is 49.3 Å². The van der Waals surface area contributed by atoms with Crippen molar-refractivity contribution in [2.45, 2.75) is 133 Å². The van der Waals surface area contributed by atoms with E-state index in [4.69, 9.17) is 29.8 Å². The second-order valence-electron chi connectivity index (χ2n) is 21.9. The summed E-state index contributed by atoms with van der Waals surface area (Å²) in [5.74, 6) is 4.64. The highest BCUT2D eigenvalue weighted by molar-refractivity contribution is 5.91. The van der Waals surface area contributed by atoms with Crippen molar-refractivity contribution in [2.24, 2.45) is 10.8 Å². The highest BCUT2D eigenvalue weighted by atomic mass is 16.2. The van der Waals surface area contributed by atoms with Crippen LogP contribution >= 0.6 is 0 Å². The highest BCUT2D eigenvalue weighted by Gasteiger charge is 2.72. The Bertz CT molecular complexity index is 3080. The average molecular weight is 950 g/mol. The number of hydrogen-bond donors (Lipinski definition) is 0. The van der Waals surface area contributed by atoms with E-state index in [1.807, 2.05) is 34.9 Å². The van der Waals surface area contributed by atoms with Crippen molar-refractivity contribution >= 4 is 46.7 Å². The number of hydrogen-bond acceptors (Lipinski definition) is 15. The Kier molecular flexibility index (Phi) is 10.3. The maximum atomic E-state index is 14.5. The zero-order chi connectivity index (χ0) is 49.0. The second kappa shape index (κ2) is 16.3. The van der Waals surface area contributed by atoms with E-state index in [1.165, 1.54) is 0 Å². The van der Waals surface area contributed by atoms with Crippen LogP contribution in [-0.2, 0) is 20.4 Å². The molecule has 6 fully saturated rings. The Morgan fingerprint density at radius 2 is 1.10 bits per heavy atom. The van der Waals surface area contributed by atoms with E-state index in [0.717, 1.165) is 85.9 Å². The minimum Gasteiger partial charge on any atom is -0.350 e. The molecule has 6 atom stereocenters. The first-order chi connectivity index (χ1) is 34.4. The monoisotopic (exact) mass is 949 g/mol. The first kappa shape index (κ1) is 44.7. The van der Waals surface area contributed by atoms with E-state index in [-0.39, 0.29) is 46.8 Å². The zero-order valence-corrected chi connectivity index (χ0v) is 40.8. The van der Waals surface area contributed by atoms with Crippen LogP contribution in [0.4, 0.5) is 34.9 Å². The van der Waals surface area contributed by atoms with Gasteiger partial charge in [0.25, 0.3) is 5.91 Å². The van der Waals surface area contributed by atoms with Gasteiger partial charge in [0.15, 0.2) is 0 Å². The number of anilines is 6. The van der Waals surface area contributed by atoms with Crippen LogP contribution < -0.4 is 19.6 Å². The third-order valence-electron chi connectivity index (χ3n) is 17.6. The van der Waals surface area contributed by atoms with E-state index in [1.54, 1.807) is 31.1 Å². The molecule has 8 aliphatic rings. The number of pyridine rings is 2. The molecule has 2 amide bonds. The standard InChI is InChI=1S/C53H57N16O2/c1-33-25-66(48(70)50(27-55)10-5-11-50)35(3)23-64(33)44-43-47(63-32-60-44)69(30-52(43)14-7-15-52)41-19-38(9-17-58-41)22-59-39-20-53(39,28-56)49(71)67-26-34(2)65(24-36(67)4)45-42-46(62-31-61-45)68(29-51(42)12-6-13-51)40-18-37(21-54)8-16-57-40/h8-9,16-19,31-36,39H,5-7,10-15,20,23-26,29-30H2,1-4H3/q+1/t33-,34-,35+,36+,39?,53?/m0/s1. The van der Waals surface area contributed by atoms with E-state index in [2.05, 4.69) is 69.6 Å². The number of carbonyl (C=O) groups excluding carboxylic acids is 2. The molecule has 4 aliphatic carbocycles. The number of amides is 2. The molecule has 360 valence electrons. The number of rotatable bonds is 6. The lowest BCUT2D eigenvalue weighted by Crippen LogP contribution is -2.62. The molecule has 0 radical (unpaired) electrons. The Morgan fingerprint density at radius 3 is 1.56 bits per heavy atom. The largest absolute Gasteiger partial charge is 0.350 e. The summed E-state index contributed by atoms with van der Waals surface area (Å²) in [6.07, 6.45) is 15.4. The molecular formula is C53H57N16O2+. The SMILES string of the molecule is C[C@@H]1CN(c2ncnc3c2C2(CCC2)CN3c2cc(C#[N+]C3CC3(C#N)C(=O)N3C[C@H](C)N(c4ncnc5c4C4(CCC4)CN5c4cc(C#N)ccn4)C[C@H]3C)ccn2)[C@@H](C)CN1C(=O)C1(C#N)CCC1. The van der Waals surface area contributed by atoms with E-state index in [9.17, 15) is 25.4 Å². The Hall–Kier alpha value is -7.44. The molecule has 8 heterocycles. The fraction of sp³-hybridized carbons (Fsp3) is 0.547. The van der Waals surface area contributed by atoms with Gasteiger partial charge in [0.1, 0.15) is 58.5 Å². The summed E-state index contributed by atoms with van der Waals surface area (Å²) in [6.45, 7) is 11.9. The number of fused-ring (bicyclic) bond motifs is 4. The summed E-state index contributed by atoms with van der Waals surface area (Å²) in [5, 5.41) is 30.2.